The van der Waals surface area contributed by atoms with Gasteiger partial charge in [0, 0.05) is 5.60 Å². The molecule has 0 saturated heterocycles. The van der Waals surface area contributed by atoms with Crippen LogP contribution in [0.1, 0.15) is 20.8 Å². The Morgan fingerprint density at radius 1 is 1.31 bits per heavy atom. The Hall–Kier alpha value is -0.315. The zero-order valence-electron chi connectivity index (χ0n) is 10.6. The van der Waals surface area contributed by atoms with Crippen LogP contribution in [0.3, 0.4) is 0 Å². The van der Waals surface area contributed by atoms with Crippen LogP contribution < -0.4 is 42.8 Å². The number of para-hydroxylation sites is 1. The number of ether oxygens (including phenoxy) is 1. The van der Waals surface area contributed by atoms with E-state index in [1.165, 1.54) is 0 Å². The molecule has 3 nitrogen and oxygen atoms in total. The van der Waals surface area contributed by atoms with Crippen molar-refractivity contribution in [3.63, 3.8) is 0 Å². The van der Waals surface area contributed by atoms with E-state index in [1.807, 2.05) is 6.07 Å². The van der Waals surface area contributed by atoms with E-state index in [-0.39, 0.29) is 37.7 Å². The van der Waals surface area contributed by atoms with Crippen LogP contribution in [-0.2, 0) is 4.74 Å². The second-order valence-corrected chi connectivity index (χ2v) is 3.84. The van der Waals surface area contributed by atoms with Gasteiger partial charge in [0.05, 0.1) is 0 Å². The van der Waals surface area contributed by atoms with E-state index >= 15 is 0 Å². The first kappa shape index (κ1) is 18.1. The Labute approximate surface area is 121 Å². The number of rotatable bonds is 1. The average Bonchev–Trinajstić information content (AvgIpc) is 2.02. The summed E-state index contributed by atoms with van der Waals surface area (Å²) in [7, 11) is 0. The van der Waals surface area contributed by atoms with Gasteiger partial charge >= 0.3 is 37.7 Å². The van der Waals surface area contributed by atoms with Crippen molar-refractivity contribution in [3.8, 4) is 0 Å². The summed E-state index contributed by atoms with van der Waals surface area (Å²) in [6, 6.07) is 9.82. The van der Waals surface area contributed by atoms with Gasteiger partial charge in [-0.25, -0.2) is 0 Å². The minimum Gasteiger partial charge on any atom is -0.594 e. The number of nitrogens with zero attached hydrogens (tertiary/aromatic N) is 1. The van der Waals surface area contributed by atoms with Crippen molar-refractivity contribution in [2.45, 2.75) is 26.4 Å². The van der Waals surface area contributed by atoms with Crippen LogP contribution in [0.4, 0.5) is 5.69 Å². The molecule has 0 aliphatic rings. The smallest absolute Gasteiger partial charge is 0.594 e. The molecule has 76 valence electrons. The number of hydrogen-bond donors (Lipinski definition) is 0. The third-order valence-corrected chi connectivity index (χ3v) is 1.30. The second kappa shape index (κ2) is 7.88. The predicted molar refractivity (Wildman–Crippen MR) is 53.2 cm³/mol. The van der Waals surface area contributed by atoms with Crippen molar-refractivity contribution in [2.75, 3.05) is 0 Å². The molecule has 1 aromatic rings. The molecule has 0 unspecified atom stereocenters. The van der Waals surface area contributed by atoms with Gasteiger partial charge in [0.25, 0.3) is 0 Å². The first-order valence-corrected chi connectivity index (χ1v) is 4.39. The fraction of sp³-hybridized carbons (Fsp3) is 0.364. The van der Waals surface area contributed by atoms with Crippen LogP contribution >= 0.6 is 0 Å². The van der Waals surface area contributed by atoms with E-state index < -0.39 is 11.7 Å². The van der Waals surface area contributed by atoms with Gasteiger partial charge in [-0.2, -0.15) is 24.3 Å². The van der Waals surface area contributed by atoms with Gasteiger partial charge in [-0.05, 0) is 5.69 Å². The molecule has 16 heavy (non-hydrogen) atoms. The quantitative estimate of drug-likeness (QED) is 0.201. The van der Waals surface area contributed by atoms with E-state index in [0.717, 1.165) is 0 Å². The molecule has 1 aromatic carbocycles. The number of benzene rings is 1. The molecule has 0 radical (unpaired) electrons. The summed E-state index contributed by atoms with van der Waals surface area (Å²) in [5.41, 5.74) is -0.0169. The summed E-state index contributed by atoms with van der Waals surface area (Å²) >= 11 is 0. The van der Waals surface area contributed by atoms with E-state index in [9.17, 15) is 5.11 Å². The zero-order chi connectivity index (χ0) is 10.6. The number of hydrogen-bond acceptors (Lipinski definition) is 3. The van der Waals surface area contributed by atoms with Crippen molar-refractivity contribution in [1.29, 1.82) is 0 Å². The summed E-state index contributed by atoms with van der Waals surface area (Å²) in [4.78, 5) is 3.73. The summed E-state index contributed by atoms with van der Waals surface area (Å²) in [5.74, 6) is 0. The molecule has 0 atom stereocenters. The number of aliphatic imine (C=N–C) groups is 1. The van der Waals surface area contributed by atoms with Gasteiger partial charge in [0.1, 0.15) is 6.08 Å². The molecule has 0 aliphatic heterocycles. The van der Waals surface area contributed by atoms with Crippen molar-refractivity contribution < 1.29 is 47.6 Å². The van der Waals surface area contributed by atoms with Crippen LogP contribution in [0.5, 0.6) is 0 Å². The van der Waals surface area contributed by atoms with Crippen LogP contribution in [0.15, 0.2) is 29.3 Å². The molecule has 0 bridgehead atoms. The summed E-state index contributed by atoms with van der Waals surface area (Å²) < 4.78 is 5.02. The molecule has 0 saturated carbocycles. The maximum absolute atomic E-state index is 11.2. The molecule has 0 N–H and O–H groups in total. The molecule has 1 rings (SSSR count). The largest absolute Gasteiger partial charge is 1.00 e. The van der Waals surface area contributed by atoms with Gasteiger partial charge in [-0.15, -0.1) is 6.07 Å². The molecule has 5 heteroatoms. The zero-order valence-corrected chi connectivity index (χ0v) is 10.6. The Bertz CT molecular complexity index is 321. The maximum Gasteiger partial charge on any atom is 1.00 e. The van der Waals surface area contributed by atoms with E-state index in [1.54, 1.807) is 39.0 Å². The van der Waals surface area contributed by atoms with Gasteiger partial charge in [-0.1, -0.05) is 20.8 Å². The monoisotopic (exact) mass is 205 g/mol. The minimum absolute atomic E-state index is 0. The minimum atomic E-state index is -0.583. The standard InChI is InChI=1S/C11H14NO2.2Li/c1-11(2,3)14-10(13)12-9-7-5-4-6-8-9;;/h4-7H,1-3H3,(H,12,13);;/q-1;2*+1/p-1. The van der Waals surface area contributed by atoms with Crippen LogP contribution in [0.2, 0.25) is 0 Å². The first-order chi connectivity index (χ1) is 6.47. The third kappa shape index (κ3) is 7.91. The van der Waals surface area contributed by atoms with Crippen molar-refractivity contribution >= 4 is 11.8 Å². The van der Waals surface area contributed by atoms with Crippen LogP contribution in [0, 0.1) is 6.07 Å². The van der Waals surface area contributed by atoms with Gasteiger partial charge in [0.15, 0.2) is 0 Å². The van der Waals surface area contributed by atoms with E-state index in [2.05, 4.69) is 11.1 Å². The van der Waals surface area contributed by atoms with Crippen LogP contribution in [-0.4, -0.2) is 11.7 Å². The Morgan fingerprint density at radius 3 is 2.38 bits per heavy atom. The Morgan fingerprint density at radius 2 is 1.94 bits per heavy atom. The van der Waals surface area contributed by atoms with Gasteiger partial charge in [0.2, 0.25) is 0 Å². The normalized spacial score (nSPS) is 11.1. The molecule has 0 spiro atoms. The molecule has 0 aliphatic carbocycles. The molecule has 0 fully saturated rings. The topological polar surface area (TPSA) is 44.6 Å². The van der Waals surface area contributed by atoms with Crippen molar-refractivity contribution in [3.05, 3.63) is 30.3 Å². The molecule has 0 heterocycles. The third-order valence-electron chi connectivity index (χ3n) is 1.30. The van der Waals surface area contributed by atoms with Crippen molar-refractivity contribution in [1.82, 2.24) is 0 Å². The maximum atomic E-state index is 11.2. The SMILES string of the molecule is CC(C)(C)OC([O-])=Nc1[c-]cccc1.[Li+].[Li+]. The average molecular weight is 205 g/mol. The fourth-order valence-corrected chi connectivity index (χ4v) is 0.837. The van der Waals surface area contributed by atoms with Crippen molar-refractivity contribution in [2.24, 2.45) is 4.99 Å². The summed E-state index contributed by atoms with van der Waals surface area (Å²) in [5, 5.41) is 11.2. The Balaban J connectivity index is 0. The Kier molecular flexibility index (Phi) is 8.89. The fourth-order valence-electron chi connectivity index (χ4n) is 0.837. The molecule has 0 aromatic heterocycles. The molecular formula is C11H13Li2NO2. The van der Waals surface area contributed by atoms with E-state index in [4.69, 9.17) is 4.74 Å². The summed E-state index contributed by atoms with van der Waals surface area (Å²) in [6.07, 6.45) is -0.583. The van der Waals surface area contributed by atoms with Gasteiger partial charge < -0.3 is 9.84 Å². The first-order valence-electron chi connectivity index (χ1n) is 4.39. The molecule has 0 amide bonds. The molecular weight excluding hydrogens is 192 g/mol. The van der Waals surface area contributed by atoms with Crippen LogP contribution in [0.25, 0.3) is 0 Å². The van der Waals surface area contributed by atoms with Gasteiger partial charge in [-0.3, -0.25) is 4.99 Å². The second-order valence-electron chi connectivity index (χ2n) is 3.84. The predicted octanol–water partition coefficient (Wildman–Crippen LogP) is -4.34. The summed E-state index contributed by atoms with van der Waals surface area (Å²) in [6.45, 7) is 5.40. The van der Waals surface area contributed by atoms with E-state index in [0.29, 0.717) is 5.69 Å².